The van der Waals surface area contributed by atoms with Crippen molar-refractivity contribution >= 4 is 5.96 Å². The number of aliphatic imine (C=N–C) groups is 1. The number of alkyl halides is 2. The van der Waals surface area contributed by atoms with Crippen LogP contribution in [-0.2, 0) is 13.1 Å². The molecule has 1 aliphatic rings. The molecule has 174 valence electrons. The van der Waals surface area contributed by atoms with Gasteiger partial charge in [-0.2, -0.15) is 8.78 Å². The third-order valence-electron chi connectivity index (χ3n) is 5.39. The Morgan fingerprint density at radius 2 is 1.84 bits per heavy atom. The Balaban J connectivity index is 1.55. The Labute approximate surface area is 188 Å². The van der Waals surface area contributed by atoms with Crippen molar-refractivity contribution in [3.63, 3.8) is 0 Å². The highest BCUT2D eigenvalue weighted by Gasteiger charge is 2.20. The maximum atomic E-state index is 12.7. The van der Waals surface area contributed by atoms with Crippen LogP contribution in [0, 0.1) is 0 Å². The van der Waals surface area contributed by atoms with Gasteiger partial charge in [0, 0.05) is 32.2 Å². The number of ether oxygens (including phenoxy) is 2. The molecular formula is C24H32F2N4O2. The molecule has 0 spiro atoms. The number of nitrogens with one attached hydrogen (secondary N) is 2. The van der Waals surface area contributed by atoms with Gasteiger partial charge in [-0.1, -0.05) is 36.4 Å². The Hall–Kier alpha value is -2.87. The average molecular weight is 447 g/mol. The molecule has 0 radical (unpaired) electrons. The first-order chi connectivity index (χ1) is 15.6. The van der Waals surface area contributed by atoms with Crippen molar-refractivity contribution in [2.75, 3.05) is 26.7 Å². The molecule has 0 saturated carbocycles. The first-order valence-corrected chi connectivity index (χ1v) is 11.0. The SMILES string of the molecule is CCNC(=NCc1ccc(OC)c(OC(F)F)c1)NC1CCN(Cc2ccccc2)CC1. The summed E-state index contributed by atoms with van der Waals surface area (Å²) in [4.78, 5) is 7.11. The molecule has 2 aromatic carbocycles. The highest BCUT2D eigenvalue weighted by molar-refractivity contribution is 5.80. The summed E-state index contributed by atoms with van der Waals surface area (Å²) < 4.78 is 35.0. The van der Waals surface area contributed by atoms with Crippen LogP contribution in [-0.4, -0.2) is 50.3 Å². The zero-order valence-corrected chi connectivity index (χ0v) is 18.7. The maximum Gasteiger partial charge on any atom is 0.387 e. The van der Waals surface area contributed by atoms with Gasteiger partial charge in [-0.3, -0.25) is 4.90 Å². The number of nitrogens with zero attached hydrogens (tertiary/aromatic N) is 2. The van der Waals surface area contributed by atoms with E-state index in [1.54, 1.807) is 18.2 Å². The minimum atomic E-state index is -2.91. The van der Waals surface area contributed by atoms with Crippen LogP contribution in [0.25, 0.3) is 0 Å². The van der Waals surface area contributed by atoms with E-state index in [0.717, 1.165) is 50.5 Å². The van der Waals surface area contributed by atoms with Crippen LogP contribution >= 0.6 is 0 Å². The summed E-state index contributed by atoms with van der Waals surface area (Å²) in [6.45, 7) is 3.21. The highest BCUT2D eigenvalue weighted by atomic mass is 19.3. The Morgan fingerprint density at radius 1 is 1.09 bits per heavy atom. The van der Waals surface area contributed by atoms with Gasteiger partial charge in [0.15, 0.2) is 17.5 Å². The van der Waals surface area contributed by atoms with Crippen LogP contribution in [0.15, 0.2) is 53.5 Å². The van der Waals surface area contributed by atoms with Gasteiger partial charge in [0.1, 0.15) is 0 Å². The summed E-state index contributed by atoms with van der Waals surface area (Å²) in [5.74, 6) is 1.01. The van der Waals surface area contributed by atoms with E-state index in [4.69, 9.17) is 4.74 Å². The van der Waals surface area contributed by atoms with E-state index < -0.39 is 6.61 Å². The number of benzene rings is 2. The summed E-state index contributed by atoms with van der Waals surface area (Å²) in [5.41, 5.74) is 2.10. The summed E-state index contributed by atoms with van der Waals surface area (Å²) in [7, 11) is 1.42. The van der Waals surface area contributed by atoms with E-state index in [1.165, 1.54) is 12.7 Å². The Morgan fingerprint density at radius 3 is 2.50 bits per heavy atom. The fourth-order valence-corrected chi connectivity index (χ4v) is 3.77. The standard InChI is InChI=1S/C24H32F2N4O2/c1-3-27-24(28-16-19-9-10-21(31-2)22(15-19)32-23(25)26)29-20-11-13-30(14-12-20)17-18-7-5-4-6-8-18/h4-10,15,20,23H,3,11-14,16-17H2,1-2H3,(H2,27,28,29). The van der Waals surface area contributed by atoms with Crippen molar-refractivity contribution < 1.29 is 18.3 Å². The van der Waals surface area contributed by atoms with Gasteiger partial charge in [0.05, 0.1) is 13.7 Å². The number of methoxy groups -OCH3 is 1. The second-order valence-electron chi connectivity index (χ2n) is 7.74. The fraction of sp³-hybridized carbons (Fsp3) is 0.458. The predicted molar refractivity (Wildman–Crippen MR) is 122 cm³/mol. The van der Waals surface area contributed by atoms with E-state index in [-0.39, 0.29) is 11.5 Å². The van der Waals surface area contributed by atoms with Crippen LogP contribution in [0.2, 0.25) is 0 Å². The van der Waals surface area contributed by atoms with Crippen molar-refractivity contribution in [1.29, 1.82) is 0 Å². The predicted octanol–water partition coefficient (Wildman–Crippen LogP) is 4.02. The van der Waals surface area contributed by atoms with Gasteiger partial charge in [-0.05, 0) is 43.0 Å². The van der Waals surface area contributed by atoms with Gasteiger partial charge in [-0.15, -0.1) is 0 Å². The number of hydrogen-bond donors (Lipinski definition) is 2. The fourth-order valence-electron chi connectivity index (χ4n) is 3.77. The van der Waals surface area contributed by atoms with Gasteiger partial charge in [0.2, 0.25) is 0 Å². The van der Waals surface area contributed by atoms with Crippen molar-refractivity contribution in [1.82, 2.24) is 15.5 Å². The number of likely N-dealkylation sites (tertiary alicyclic amines) is 1. The summed E-state index contributed by atoms with van der Waals surface area (Å²) >= 11 is 0. The van der Waals surface area contributed by atoms with E-state index in [1.807, 2.05) is 13.0 Å². The molecule has 2 N–H and O–H groups in total. The van der Waals surface area contributed by atoms with Gasteiger partial charge < -0.3 is 20.1 Å². The number of rotatable bonds is 9. The lowest BCUT2D eigenvalue weighted by molar-refractivity contribution is -0.0512. The van der Waals surface area contributed by atoms with E-state index in [2.05, 4.69) is 49.5 Å². The molecule has 0 unspecified atom stereocenters. The van der Waals surface area contributed by atoms with Gasteiger partial charge in [-0.25, -0.2) is 4.99 Å². The van der Waals surface area contributed by atoms with Crippen molar-refractivity contribution in [2.24, 2.45) is 4.99 Å². The highest BCUT2D eigenvalue weighted by Crippen LogP contribution is 2.29. The number of piperidine rings is 1. The van der Waals surface area contributed by atoms with Gasteiger partial charge in [0.25, 0.3) is 0 Å². The quantitative estimate of drug-likeness (QED) is 0.450. The molecule has 1 saturated heterocycles. The van der Waals surface area contributed by atoms with Crippen molar-refractivity contribution in [3.05, 3.63) is 59.7 Å². The number of halogens is 2. The largest absolute Gasteiger partial charge is 0.493 e. The second kappa shape index (κ2) is 12.2. The van der Waals surface area contributed by atoms with Crippen LogP contribution in [0.3, 0.4) is 0 Å². The van der Waals surface area contributed by atoms with Crippen LogP contribution in [0.1, 0.15) is 30.9 Å². The molecule has 0 aliphatic carbocycles. The normalized spacial score (nSPS) is 15.6. The third-order valence-corrected chi connectivity index (χ3v) is 5.39. The molecule has 0 bridgehead atoms. The van der Waals surface area contributed by atoms with Crippen LogP contribution < -0.4 is 20.1 Å². The molecule has 0 atom stereocenters. The molecular weight excluding hydrogens is 414 g/mol. The Bertz CT molecular complexity index is 856. The van der Waals surface area contributed by atoms with Crippen LogP contribution in [0.4, 0.5) is 8.78 Å². The van der Waals surface area contributed by atoms with Crippen LogP contribution in [0.5, 0.6) is 11.5 Å². The third kappa shape index (κ3) is 7.37. The average Bonchev–Trinajstić information content (AvgIpc) is 2.79. The maximum absolute atomic E-state index is 12.7. The molecule has 0 aromatic heterocycles. The molecule has 3 rings (SSSR count). The monoisotopic (exact) mass is 446 g/mol. The molecule has 1 fully saturated rings. The second-order valence-corrected chi connectivity index (χ2v) is 7.74. The molecule has 32 heavy (non-hydrogen) atoms. The molecule has 6 nitrogen and oxygen atoms in total. The molecule has 2 aromatic rings. The summed E-state index contributed by atoms with van der Waals surface area (Å²) in [5, 5.41) is 6.79. The lowest BCUT2D eigenvalue weighted by atomic mass is 10.0. The smallest absolute Gasteiger partial charge is 0.387 e. The minimum absolute atomic E-state index is 0.0129. The topological polar surface area (TPSA) is 58.1 Å². The summed E-state index contributed by atoms with van der Waals surface area (Å²) in [6.07, 6.45) is 2.07. The lowest BCUT2D eigenvalue weighted by Crippen LogP contribution is -2.48. The van der Waals surface area contributed by atoms with E-state index in [9.17, 15) is 8.78 Å². The number of guanidine groups is 1. The lowest BCUT2D eigenvalue weighted by Gasteiger charge is -2.33. The van der Waals surface area contributed by atoms with Crippen molar-refractivity contribution in [2.45, 2.75) is 45.5 Å². The molecule has 0 amide bonds. The molecule has 8 heteroatoms. The number of hydrogen-bond acceptors (Lipinski definition) is 4. The minimum Gasteiger partial charge on any atom is -0.493 e. The van der Waals surface area contributed by atoms with E-state index in [0.29, 0.717) is 12.6 Å². The molecule has 1 aliphatic heterocycles. The summed E-state index contributed by atoms with van der Waals surface area (Å²) in [6, 6.07) is 15.8. The first kappa shape index (κ1) is 23.8. The zero-order valence-electron chi connectivity index (χ0n) is 18.7. The Kier molecular flexibility index (Phi) is 9.10. The zero-order chi connectivity index (χ0) is 22.8. The molecule has 1 heterocycles. The van der Waals surface area contributed by atoms with Crippen molar-refractivity contribution in [3.8, 4) is 11.5 Å². The van der Waals surface area contributed by atoms with Gasteiger partial charge >= 0.3 is 6.61 Å². The van der Waals surface area contributed by atoms with E-state index >= 15 is 0 Å². The first-order valence-electron chi connectivity index (χ1n) is 11.0.